The number of H-pyrrole nitrogens is 1. The monoisotopic (exact) mass is 217 g/mol. The summed E-state index contributed by atoms with van der Waals surface area (Å²) in [5, 5.41) is 8.69. The first-order valence-corrected chi connectivity index (χ1v) is 5.48. The van der Waals surface area contributed by atoms with E-state index in [1.807, 2.05) is 12.1 Å². The summed E-state index contributed by atoms with van der Waals surface area (Å²) in [7, 11) is 3.82. The second-order valence-corrected chi connectivity index (χ2v) is 4.44. The van der Waals surface area contributed by atoms with Crippen LogP contribution in [-0.4, -0.2) is 42.3 Å². The van der Waals surface area contributed by atoms with Gasteiger partial charge in [-0.3, -0.25) is 5.10 Å². The number of aromatic amines is 1. The molecule has 2 aromatic rings. The van der Waals surface area contributed by atoms with Crippen molar-refractivity contribution in [2.45, 2.75) is 5.92 Å². The topological polar surface area (TPSA) is 41.1 Å². The summed E-state index contributed by atoms with van der Waals surface area (Å²) < 4.78 is 5.25. The summed E-state index contributed by atoms with van der Waals surface area (Å²) in [6.45, 7) is 2.19. The van der Waals surface area contributed by atoms with Crippen LogP contribution in [0.2, 0.25) is 0 Å². The number of ether oxygens (including phenoxy) is 1. The Morgan fingerprint density at radius 3 is 2.94 bits per heavy atom. The van der Waals surface area contributed by atoms with E-state index in [0.717, 1.165) is 24.4 Å². The molecule has 3 rings (SSSR count). The number of aromatic nitrogens is 2. The van der Waals surface area contributed by atoms with Gasteiger partial charge in [0.1, 0.15) is 5.75 Å². The van der Waals surface area contributed by atoms with Gasteiger partial charge in [0.05, 0.1) is 18.3 Å². The number of benzene rings is 1. The molecule has 0 bridgehead atoms. The van der Waals surface area contributed by atoms with E-state index < -0.39 is 0 Å². The van der Waals surface area contributed by atoms with Gasteiger partial charge in [-0.2, -0.15) is 5.10 Å². The number of hydrogen-bond acceptors (Lipinski definition) is 3. The zero-order valence-electron chi connectivity index (χ0n) is 9.53. The molecule has 0 aliphatic carbocycles. The van der Waals surface area contributed by atoms with Gasteiger partial charge >= 0.3 is 0 Å². The van der Waals surface area contributed by atoms with Crippen molar-refractivity contribution >= 4 is 10.9 Å². The minimum absolute atomic E-state index is 0.561. The number of hydrogen-bond donors (Lipinski definition) is 1. The number of methoxy groups -OCH3 is 1. The smallest absolute Gasteiger partial charge is 0.119 e. The van der Waals surface area contributed by atoms with E-state index in [1.54, 1.807) is 7.11 Å². The maximum absolute atomic E-state index is 5.25. The number of nitrogens with zero attached hydrogens (tertiary/aromatic N) is 2. The van der Waals surface area contributed by atoms with Crippen LogP contribution < -0.4 is 4.74 Å². The quantitative estimate of drug-likeness (QED) is 0.830. The van der Waals surface area contributed by atoms with Gasteiger partial charge < -0.3 is 9.64 Å². The van der Waals surface area contributed by atoms with Gasteiger partial charge in [0.2, 0.25) is 0 Å². The highest BCUT2D eigenvalue weighted by Crippen LogP contribution is 2.31. The van der Waals surface area contributed by atoms with Crippen LogP contribution in [0.25, 0.3) is 10.9 Å². The van der Waals surface area contributed by atoms with Crippen LogP contribution in [0.15, 0.2) is 18.2 Å². The van der Waals surface area contributed by atoms with Crippen molar-refractivity contribution in [1.82, 2.24) is 15.1 Å². The standard InChI is InChI=1S/C12H15N3O/c1-15-6-8(7-15)12-10-5-9(16-2)3-4-11(10)13-14-12/h3-5,8H,6-7H2,1-2H3,(H,13,14). The average molecular weight is 217 g/mol. The van der Waals surface area contributed by atoms with Crippen molar-refractivity contribution in [2.24, 2.45) is 0 Å². The third-order valence-electron chi connectivity index (χ3n) is 3.25. The van der Waals surface area contributed by atoms with Gasteiger partial charge in [-0.05, 0) is 25.2 Å². The molecular formula is C12H15N3O. The lowest BCUT2D eigenvalue weighted by Gasteiger charge is -2.35. The van der Waals surface area contributed by atoms with Gasteiger partial charge in [-0.1, -0.05) is 0 Å². The number of nitrogens with one attached hydrogen (secondary N) is 1. The van der Waals surface area contributed by atoms with Crippen LogP contribution >= 0.6 is 0 Å². The summed E-state index contributed by atoms with van der Waals surface area (Å²) in [5.74, 6) is 1.45. The Hall–Kier alpha value is -1.55. The van der Waals surface area contributed by atoms with Gasteiger partial charge in [-0.25, -0.2) is 0 Å². The zero-order chi connectivity index (χ0) is 11.1. The fourth-order valence-corrected chi connectivity index (χ4v) is 2.32. The first-order chi connectivity index (χ1) is 7.78. The molecule has 4 heteroatoms. The highest BCUT2D eigenvalue weighted by Gasteiger charge is 2.28. The molecule has 1 fully saturated rings. The minimum atomic E-state index is 0.561. The maximum atomic E-state index is 5.25. The molecule has 1 aromatic carbocycles. The first-order valence-electron chi connectivity index (χ1n) is 5.48. The normalized spacial score (nSPS) is 17.6. The number of fused-ring (bicyclic) bond motifs is 1. The molecular weight excluding hydrogens is 202 g/mol. The third kappa shape index (κ3) is 1.38. The van der Waals surface area contributed by atoms with Crippen molar-refractivity contribution in [1.29, 1.82) is 0 Å². The van der Waals surface area contributed by atoms with Gasteiger partial charge in [0, 0.05) is 24.4 Å². The maximum Gasteiger partial charge on any atom is 0.119 e. The SMILES string of the molecule is COc1ccc2[nH]nc(C3CN(C)C3)c2c1. The molecule has 4 nitrogen and oxygen atoms in total. The number of likely N-dealkylation sites (tertiary alicyclic amines) is 1. The lowest BCUT2D eigenvalue weighted by Crippen LogP contribution is -2.41. The van der Waals surface area contributed by atoms with Crippen molar-refractivity contribution in [3.63, 3.8) is 0 Å². The molecule has 1 N–H and O–H groups in total. The van der Waals surface area contributed by atoms with Crippen molar-refractivity contribution in [3.05, 3.63) is 23.9 Å². The van der Waals surface area contributed by atoms with Crippen molar-refractivity contribution in [3.8, 4) is 5.75 Å². The fraction of sp³-hybridized carbons (Fsp3) is 0.417. The summed E-state index contributed by atoms with van der Waals surface area (Å²) in [6.07, 6.45) is 0. The van der Waals surface area contributed by atoms with Crippen molar-refractivity contribution in [2.75, 3.05) is 27.2 Å². The highest BCUT2D eigenvalue weighted by atomic mass is 16.5. The summed E-state index contributed by atoms with van der Waals surface area (Å²) in [4.78, 5) is 2.30. The lowest BCUT2D eigenvalue weighted by atomic mass is 9.95. The fourth-order valence-electron chi connectivity index (χ4n) is 2.32. The van der Waals surface area contributed by atoms with Gasteiger partial charge in [-0.15, -0.1) is 0 Å². The molecule has 0 unspecified atom stereocenters. The van der Waals surface area contributed by atoms with Gasteiger partial charge in [0.15, 0.2) is 0 Å². The molecule has 1 aliphatic heterocycles. The van der Waals surface area contributed by atoms with Gasteiger partial charge in [0.25, 0.3) is 0 Å². The van der Waals surface area contributed by atoms with Crippen LogP contribution in [-0.2, 0) is 0 Å². The van der Waals surface area contributed by atoms with Crippen LogP contribution in [0, 0.1) is 0 Å². The van der Waals surface area contributed by atoms with E-state index in [0.29, 0.717) is 5.92 Å². The zero-order valence-corrected chi connectivity index (χ0v) is 9.53. The minimum Gasteiger partial charge on any atom is -0.497 e. The summed E-state index contributed by atoms with van der Waals surface area (Å²) in [5.41, 5.74) is 2.26. The summed E-state index contributed by atoms with van der Waals surface area (Å²) >= 11 is 0. The van der Waals surface area contributed by atoms with Crippen LogP contribution in [0.1, 0.15) is 11.6 Å². The molecule has 0 saturated carbocycles. The Bertz CT molecular complexity index is 514. The molecule has 16 heavy (non-hydrogen) atoms. The molecule has 2 heterocycles. The molecule has 1 aromatic heterocycles. The Morgan fingerprint density at radius 1 is 1.44 bits per heavy atom. The predicted octanol–water partition coefficient (Wildman–Crippen LogP) is 1.60. The molecule has 0 radical (unpaired) electrons. The van der Waals surface area contributed by atoms with E-state index in [9.17, 15) is 0 Å². The van der Waals surface area contributed by atoms with E-state index in [1.165, 1.54) is 11.1 Å². The van der Waals surface area contributed by atoms with Crippen LogP contribution in [0.3, 0.4) is 0 Å². The molecule has 1 saturated heterocycles. The average Bonchev–Trinajstić information content (AvgIpc) is 2.67. The predicted molar refractivity (Wildman–Crippen MR) is 62.9 cm³/mol. The molecule has 0 amide bonds. The Kier molecular flexibility index (Phi) is 2.11. The lowest BCUT2D eigenvalue weighted by molar-refractivity contribution is 0.187. The van der Waals surface area contributed by atoms with Crippen molar-refractivity contribution < 1.29 is 4.74 Å². The number of rotatable bonds is 2. The van der Waals surface area contributed by atoms with E-state index in [2.05, 4.69) is 28.2 Å². The summed E-state index contributed by atoms with van der Waals surface area (Å²) in [6, 6.07) is 6.04. The van der Waals surface area contributed by atoms with Crippen LogP contribution in [0.5, 0.6) is 5.75 Å². The van der Waals surface area contributed by atoms with E-state index in [-0.39, 0.29) is 0 Å². The largest absolute Gasteiger partial charge is 0.497 e. The second-order valence-electron chi connectivity index (χ2n) is 4.44. The highest BCUT2D eigenvalue weighted by molar-refractivity contribution is 5.83. The Balaban J connectivity index is 2.04. The Morgan fingerprint density at radius 2 is 2.25 bits per heavy atom. The Labute approximate surface area is 94.2 Å². The third-order valence-corrected chi connectivity index (χ3v) is 3.25. The molecule has 1 aliphatic rings. The molecule has 0 spiro atoms. The molecule has 84 valence electrons. The van der Waals surface area contributed by atoms with Crippen LogP contribution in [0.4, 0.5) is 0 Å². The first kappa shape index (κ1) is 9.66. The second kappa shape index (κ2) is 3.49. The van der Waals surface area contributed by atoms with E-state index in [4.69, 9.17) is 4.74 Å². The molecule has 0 atom stereocenters. The van der Waals surface area contributed by atoms with E-state index >= 15 is 0 Å². The number of likely N-dealkylation sites (N-methyl/N-ethyl adjacent to an activating group) is 1.